The lowest BCUT2D eigenvalue weighted by molar-refractivity contribution is 0.208. The summed E-state index contributed by atoms with van der Waals surface area (Å²) in [5.41, 5.74) is 5.59. The zero-order valence-electron chi connectivity index (χ0n) is 12.8. The van der Waals surface area contributed by atoms with Crippen LogP contribution in [0.25, 0.3) is 0 Å². The fourth-order valence-electron chi connectivity index (χ4n) is 2.77. The zero-order chi connectivity index (χ0) is 15.5. The molecular formula is C14H25N3O2S2. The fourth-order valence-corrected chi connectivity index (χ4v) is 5.58. The fraction of sp³-hybridized carbons (Fsp3) is 0.714. The van der Waals surface area contributed by atoms with Crippen molar-refractivity contribution < 1.29 is 8.42 Å². The Morgan fingerprint density at radius 2 is 2.10 bits per heavy atom. The summed E-state index contributed by atoms with van der Waals surface area (Å²) in [7, 11) is -3.42. The van der Waals surface area contributed by atoms with Crippen LogP contribution in [-0.4, -0.2) is 39.0 Å². The molecule has 2 rings (SSSR count). The Kier molecular flexibility index (Phi) is 5.79. The van der Waals surface area contributed by atoms with Crippen LogP contribution in [0, 0.1) is 6.92 Å². The van der Waals surface area contributed by atoms with E-state index in [1.807, 2.05) is 6.92 Å². The molecule has 7 heteroatoms. The van der Waals surface area contributed by atoms with Crippen LogP contribution in [0.3, 0.4) is 0 Å². The predicted molar refractivity (Wildman–Crippen MR) is 87.0 cm³/mol. The van der Waals surface area contributed by atoms with Crippen LogP contribution in [0.5, 0.6) is 0 Å². The average Bonchev–Trinajstić information content (AvgIpc) is 2.83. The van der Waals surface area contributed by atoms with Crippen molar-refractivity contribution in [1.82, 2.24) is 9.62 Å². The van der Waals surface area contributed by atoms with Crippen LogP contribution < -0.4 is 10.5 Å². The van der Waals surface area contributed by atoms with Crippen LogP contribution in [0.1, 0.15) is 35.9 Å². The molecule has 0 unspecified atom stereocenters. The molecule has 1 aromatic heterocycles. The van der Waals surface area contributed by atoms with Gasteiger partial charge in [0.2, 0.25) is 10.0 Å². The third-order valence-electron chi connectivity index (χ3n) is 3.86. The minimum absolute atomic E-state index is 0.0451. The van der Waals surface area contributed by atoms with E-state index in [1.165, 1.54) is 11.3 Å². The Hall–Kier alpha value is -0.470. The van der Waals surface area contributed by atoms with Gasteiger partial charge in [0.05, 0.1) is 4.90 Å². The molecule has 1 aliphatic heterocycles. The summed E-state index contributed by atoms with van der Waals surface area (Å²) in [6.07, 6.45) is 2.91. The van der Waals surface area contributed by atoms with Crippen molar-refractivity contribution in [1.29, 1.82) is 0 Å². The first-order valence-electron chi connectivity index (χ1n) is 7.50. The second-order valence-electron chi connectivity index (χ2n) is 5.57. The largest absolute Gasteiger partial charge is 0.326 e. The number of rotatable bonds is 6. The first-order valence-corrected chi connectivity index (χ1v) is 9.80. The van der Waals surface area contributed by atoms with Crippen LogP contribution in [0.2, 0.25) is 0 Å². The Morgan fingerprint density at radius 1 is 1.43 bits per heavy atom. The van der Waals surface area contributed by atoms with Gasteiger partial charge in [-0.15, -0.1) is 11.3 Å². The van der Waals surface area contributed by atoms with Crippen molar-refractivity contribution in [2.24, 2.45) is 5.73 Å². The van der Waals surface area contributed by atoms with Gasteiger partial charge in [-0.2, -0.15) is 0 Å². The quantitative estimate of drug-likeness (QED) is 0.831. The highest BCUT2D eigenvalue weighted by Crippen LogP contribution is 2.26. The highest BCUT2D eigenvalue weighted by molar-refractivity contribution is 7.89. The molecule has 5 nitrogen and oxygen atoms in total. The van der Waals surface area contributed by atoms with Crippen LogP contribution >= 0.6 is 11.3 Å². The summed E-state index contributed by atoms with van der Waals surface area (Å²) < 4.78 is 27.9. The Labute approximate surface area is 131 Å². The van der Waals surface area contributed by atoms with Crippen LogP contribution in [0.4, 0.5) is 0 Å². The highest BCUT2D eigenvalue weighted by atomic mass is 32.2. The second-order valence-corrected chi connectivity index (χ2v) is 8.60. The average molecular weight is 332 g/mol. The number of nitrogens with zero attached hydrogens (tertiary/aromatic N) is 1. The lowest BCUT2D eigenvalue weighted by Crippen LogP contribution is -2.44. The summed E-state index contributed by atoms with van der Waals surface area (Å²) in [6, 6.07) is 1.75. The van der Waals surface area contributed by atoms with Gasteiger partial charge in [-0.3, -0.25) is 0 Å². The maximum Gasteiger partial charge on any atom is 0.241 e. The number of nitrogens with two attached hydrogens (primary N) is 1. The normalized spacial score (nSPS) is 18.2. The number of piperidine rings is 1. The van der Waals surface area contributed by atoms with E-state index in [0.29, 0.717) is 11.4 Å². The van der Waals surface area contributed by atoms with E-state index in [2.05, 4.69) is 16.5 Å². The van der Waals surface area contributed by atoms with Gasteiger partial charge in [-0.05, 0) is 51.9 Å². The monoisotopic (exact) mass is 331 g/mol. The highest BCUT2D eigenvalue weighted by Gasteiger charge is 2.26. The first-order chi connectivity index (χ1) is 9.96. The minimum atomic E-state index is -3.42. The van der Waals surface area contributed by atoms with Crippen molar-refractivity contribution in [3.05, 3.63) is 15.8 Å². The molecule has 0 saturated carbocycles. The van der Waals surface area contributed by atoms with Gasteiger partial charge in [0.15, 0.2) is 0 Å². The molecule has 0 atom stereocenters. The molecule has 1 fully saturated rings. The summed E-state index contributed by atoms with van der Waals surface area (Å²) in [5, 5.41) is 0. The van der Waals surface area contributed by atoms with Gasteiger partial charge in [0.1, 0.15) is 0 Å². The van der Waals surface area contributed by atoms with E-state index in [-0.39, 0.29) is 6.04 Å². The van der Waals surface area contributed by atoms with Crippen LogP contribution in [-0.2, 0) is 16.6 Å². The SMILES string of the molecule is CCCN1CCC(NS(=O)(=O)c2cc(CN)sc2C)CC1. The summed E-state index contributed by atoms with van der Waals surface area (Å²) in [4.78, 5) is 4.51. The first kappa shape index (κ1) is 16.9. The van der Waals surface area contributed by atoms with Crippen molar-refractivity contribution >= 4 is 21.4 Å². The number of sulfonamides is 1. The summed E-state index contributed by atoms with van der Waals surface area (Å²) in [5.74, 6) is 0. The topological polar surface area (TPSA) is 75.4 Å². The molecule has 1 aliphatic rings. The molecule has 0 aromatic carbocycles. The number of hydrogen-bond acceptors (Lipinski definition) is 5. The molecule has 0 radical (unpaired) electrons. The molecule has 21 heavy (non-hydrogen) atoms. The zero-order valence-corrected chi connectivity index (χ0v) is 14.4. The molecule has 3 N–H and O–H groups in total. The summed E-state index contributed by atoms with van der Waals surface area (Å²) in [6.45, 7) is 7.43. The molecule has 0 bridgehead atoms. The standard InChI is InChI=1S/C14H25N3O2S2/c1-3-6-17-7-4-12(5-8-17)16-21(18,19)14-9-13(10-15)20-11(14)2/h9,12,16H,3-8,10,15H2,1-2H3. The lowest BCUT2D eigenvalue weighted by Gasteiger charge is -2.31. The lowest BCUT2D eigenvalue weighted by atomic mass is 10.1. The van der Waals surface area contributed by atoms with Gasteiger partial charge < -0.3 is 10.6 Å². The maximum absolute atomic E-state index is 12.5. The van der Waals surface area contributed by atoms with E-state index >= 15 is 0 Å². The van der Waals surface area contributed by atoms with Gasteiger partial charge in [-0.25, -0.2) is 13.1 Å². The van der Waals surface area contributed by atoms with Gasteiger partial charge in [0, 0.05) is 22.3 Å². The molecule has 2 heterocycles. The molecule has 0 aliphatic carbocycles. The molecule has 0 spiro atoms. The van der Waals surface area contributed by atoms with Crippen molar-refractivity contribution in [3.8, 4) is 0 Å². The third-order valence-corrected chi connectivity index (χ3v) is 6.71. The second kappa shape index (κ2) is 7.19. The Morgan fingerprint density at radius 3 is 2.62 bits per heavy atom. The molecular weight excluding hydrogens is 306 g/mol. The van der Waals surface area contributed by atoms with E-state index < -0.39 is 10.0 Å². The number of thiophene rings is 1. The van der Waals surface area contributed by atoms with Gasteiger partial charge >= 0.3 is 0 Å². The maximum atomic E-state index is 12.5. The van der Waals surface area contributed by atoms with Gasteiger partial charge in [0.25, 0.3) is 0 Å². The van der Waals surface area contributed by atoms with E-state index in [1.54, 1.807) is 6.07 Å². The number of nitrogens with one attached hydrogen (secondary N) is 1. The van der Waals surface area contributed by atoms with E-state index in [0.717, 1.165) is 48.7 Å². The van der Waals surface area contributed by atoms with E-state index in [4.69, 9.17) is 5.73 Å². The number of aryl methyl sites for hydroxylation is 1. The van der Waals surface area contributed by atoms with Crippen molar-refractivity contribution in [3.63, 3.8) is 0 Å². The van der Waals surface area contributed by atoms with E-state index in [9.17, 15) is 8.42 Å². The predicted octanol–water partition coefficient (Wildman–Crippen LogP) is 1.67. The number of likely N-dealkylation sites (tertiary alicyclic amines) is 1. The Balaban J connectivity index is 2.00. The molecule has 120 valence electrons. The minimum Gasteiger partial charge on any atom is -0.326 e. The van der Waals surface area contributed by atoms with Crippen molar-refractivity contribution in [2.45, 2.75) is 50.6 Å². The Bertz CT molecular complexity index is 561. The van der Waals surface area contributed by atoms with Gasteiger partial charge in [-0.1, -0.05) is 6.92 Å². The summed E-state index contributed by atoms with van der Waals surface area (Å²) >= 11 is 1.46. The molecule has 0 amide bonds. The van der Waals surface area contributed by atoms with Crippen molar-refractivity contribution in [2.75, 3.05) is 19.6 Å². The third kappa shape index (κ3) is 4.26. The molecule has 1 aromatic rings. The van der Waals surface area contributed by atoms with Crippen LogP contribution in [0.15, 0.2) is 11.0 Å². The molecule has 1 saturated heterocycles. The smallest absolute Gasteiger partial charge is 0.241 e. The number of hydrogen-bond donors (Lipinski definition) is 2.